The van der Waals surface area contributed by atoms with Gasteiger partial charge in [-0.1, -0.05) is 13.8 Å². The Hall–Kier alpha value is -1.35. The Morgan fingerprint density at radius 3 is 2.14 bits per heavy atom. The van der Waals surface area contributed by atoms with Crippen LogP contribution in [-0.2, 0) is 0 Å². The molecule has 0 amide bonds. The first kappa shape index (κ1) is 17.7. The molecule has 0 saturated heterocycles. The van der Waals surface area contributed by atoms with E-state index < -0.39 is 0 Å². The maximum Gasteiger partial charge on any atom is 0.180 e. The highest BCUT2D eigenvalue weighted by Crippen LogP contribution is 2.24. The van der Waals surface area contributed by atoms with E-state index in [0.29, 0.717) is 13.2 Å². The summed E-state index contributed by atoms with van der Waals surface area (Å²) in [4.78, 5) is 14.9. The Morgan fingerprint density at radius 2 is 1.62 bits per heavy atom. The van der Waals surface area contributed by atoms with Crippen molar-refractivity contribution in [2.45, 2.75) is 47.5 Å². The minimum Gasteiger partial charge on any atom is -0.493 e. The molecular weight excluding hydrogens is 262 g/mol. The van der Waals surface area contributed by atoms with Crippen molar-refractivity contribution < 1.29 is 9.53 Å². The molecule has 0 aliphatic heterocycles. The molecule has 0 N–H and O–H groups in total. The van der Waals surface area contributed by atoms with E-state index in [1.807, 2.05) is 32.9 Å². The molecule has 3 heteroatoms. The molecule has 0 spiro atoms. The molecule has 0 heterocycles. The number of aryl methyl sites for hydroxylation is 2. The smallest absolute Gasteiger partial charge is 0.180 e. The van der Waals surface area contributed by atoms with E-state index in [4.69, 9.17) is 4.74 Å². The predicted octanol–water partition coefficient (Wildman–Crippen LogP) is 4.01. The summed E-state index contributed by atoms with van der Waals surface area (Å²) in [5.41, 5.74) is 3.02. The topological polar surface area (TPSA) is 29.5 Å². The number of carbonyl (C=O) groups is 1. The summed E-state index contributed by atoms with van der Waals surface area (Å²) in [6, 6.07) is 3.95. The van der Waals surface area contributed by atoms with Crippen LogP contribution in [0.5, 0.6) is 5.75 Å². The molecule has 0 fully saturated rings. The number of hydrogen-bond donors (Lipinski definition) is 0. The average molecular weight is 291 g/mol. The maximum absolute atomic E-state index is 12.6. The van der Waals surface area contributed by atoms with Gasteiger partial charge in [0.25, 0.3) is 0 Å². The van der Waals surface area contributed by atoms with Crippen LogP contribution in [-0.4, -0.2) is 36.9 Å². The second-order valence-corrected chi connectivity index (χ2v) is 5.56. The van der Waals surface area contributed by atoms with Crippen LogP contribution in [0.1, 0.15) is 55.1 Å². The molecule has 0 atom stereocenters. The lowest BCUT2D eigenvalue weighted by atomic mass is 10.0. The van der Waals surface area contributed by atoms with E-state index in [0.717, 1.165) is 48.4 Å². The molecule has 3 nitrogen and oxygen atoms in total. The molecule has 0 saturated carbocycles. The number of nitrogens with zero attached hydrogens (tertiary/aromatic N) is 1. The van der Waals surface area contributed by atoms with Gasteiger partial charge in [-0.15, -0.1) is 0 Å². The van der Waals surface area contributed by atoms with Gasteiger partial charge in [0.15, 0.2) is 5.78 Å². The van der Waals surface area contributed by atoms with Gasteiger partial charge in [-0.25, -0.2) is 0 Å². The molecule has 0 bridgehead atoms. The average Bonchev–Trinajstić information content (AvgIpc) is 2.43. The summed E-state index contributed by atoms with van der Waals surface area (Å²) >= 11 is 0. The van der Waals surface area contributed by atoms with Crippen LogP contribution in [0.15, 0.2) is 12.1 Å². The molecule has 0 unspecified atom stereocenters. The highest BCUT2D eigenvalue weighted by atomic mass is 16.5. The largest absolute Gasteiger partial charge is 0.493 e. The van der Waals surface area contributed by atoms with Crippen LogP contribution in [0.2, 0.25) is 0 Å². The molecule has 1 rings (SSSR count). The Kier molecular flexibility index (Phi) is 7.44. The first-order chi connectivity index (χ1) is 10.0. The van der Waals surface area contributed by atoms with Crippen LogP contribution in [0.4, 0.5) is 0 Å². The summed E-state index contributed by atoms with van der Waals surface area (Å²) < 4.78 is 5.66. The van der Waals surface area contributed by atoms with Crippen molar-refractivity contribution in [3.63, 3.8) is 0 Å². The molecule has 118 valence electrons. The Labute approximate surface area is 129 Å². The lowest BCUT2D eigenvalue weighted by Crippen LogP contribution is -2.31. The minimum atomic E-state index is 0.156. The van der Waals surface area contributed by atoms with Gasteiger partial charge in [-0.3, -0.25) is 9.69 Å². The Balaban J connectivity index is 2.96. The van der Waals surface area contributed by atoms with Gasteiger partial charge < -0.3 is 4.74 Å². The summed E-state index contributed by atoms with van der Waals surface area (Å²) in [5.74, 6) is 0.877. The first-order valence-electron chi connectivity index (χ1n) is 8.03. The summed E-state index contributed by atoms with van der Waals surface area (Å²) in [6.07, 6.45) is 2.14. The zero-order valence-electron chi connectivity index (χ0n) is 14.2. The van der Waals surface area contributed by atoms with Crippen LogP contribution in [0.3, 0.4) is 0 Å². The van der Waals surface area contributed by atoms with Gasteiger partial charge >= 0.3 is 0 Å². The molecule has 1 aromatic carbocycles. The molecular formula is C18H29NO2. The van der Waals surface area contributed by atoms with E-state index in [2.05, 4.69) is 18.7 Å². The van der Waals surface area contributed by atoms with Crippen LogP contribution in [0.25, 0.3) is 0 Å². The number of carbonyl (C=O) groups excluding carboxylic acids is 1. The third-order valence-electron chi connectivity index (χ3n) is 3.64. The molecule has 0 aromatic heterocycles. The second-order valence-electron chi connectivity index (χ2n) is 5.56. The van der Waals surface area contributed by atoms with Gasteiger partial charge in [0.05, 0.1) is 18.7 Å². The number of rotatable bonds is 9. The van der Waals surface area contributed by atoms with Gasteiger partial charge in [-0.2, -0.15) is 0 Å². The van der Waals surface area contributed by atoms with Crippen molar-refractivity contribution in [2.24, 2.45) is 0 Å². The van der Waals surface area contributed by atoms with E-state index in [-0.39, 0.29) is 5.78 Å². The normalized spacial score (nSPS) is 11.0. The quantitative estimate of drug-likeness (QED) is 0.644. The van der Waals surface area contributed by atoms with Crippen molar-refractivity contribution in [1.82, 2.24) is 4.90 Å². The number of Topliss-reactive ketones (excluding diaryl/α,β-unsaturated/α-hetero) is 1. The molecule has 0 aliphatic rings. The fourth-order valence-electron chi connectivity index (χ4n) is 2.47. The number of hydrogen-bond acceptors (Lipinski definition) is 3. The van der Waals surface area contributed by atoms with Gasteiger partial charge in [0.1, 0.15) is 5.75 Å². The predicted molar refractivity (Wildman–Crippen MR) is 88.4 cm³/mol. The third-order valence-corrected chi connectivity index (χ3v) is 3.64. The molecule has 0 radical (unpaired) electrons. The standard InChI is InChI=1S/C18H29NO2/c1-6-9-19(10-7-2)13-17(20)16-11-14(4)15(5)12-18(16)21-8-3/h11-12H,6-10,13H2,1-5H3. The lowest BCUT2D eigenvalue weighted by Gasteiger charge is -2.21. The first-order valence-corrected chi connectivity index (χ1v) is 8.03. The van der Waals surface area contributed by atoms with Gasteiger partial charge in [-0.05, 0) is 70.0 Å². The fraction of sp³-hybridized carbons (Fsp3) is 0.611. The van der Waals surface area contributed by atoms with Gasteiger partial charge in [0, 0.05) is 0 Å². The van der Waals surface area contributed by atoms with Crippen LogP contribution in [0, 0.1) is 13.8 Å². The summed E-state index contributed by atoms with van der Waals surface area (Å²) in [7, 11) is 0. The highest BCUT2D eigenvalue weighted by Gasteiger charge is 2.17. The van der Waals surface area contributed by atoms with E-state index in [1.165, 1.54) is 0 Å². The van der Waals surface area contributed by atoms with Crippen molar-refractivity contribution >= 4 is 5.78 Å². The summed E-state index contributed by atoms with van der Waals surface area (Å²) in [5, 5.41) is 0. The van der Waals surface area contributed by atoms with E-state index >= 15 is 0 Å². The number of ether oxygens (including phenoxy) is 1. The Morgan fingerprint density at radius 1 is 1.05 bits per heavy atom. The fourth-order valence-corrected chi connectivity index (χ4v) is 2.47. The monoisotopic (exact) mass is 291 g/mol. The van der Waals surface area contributed by atoms with Crippen LogP contribution < -0.4 is 4.74 Å². The number of benzene rings is 1. The van der Waals surface area contributed by atoms with Crippen molar-refractivity contribution in [3.05, 3.63) is 28.8 Å². The Bertz CT molecular complexity index is 463. The molecule has 21 heavy (non-hydrogen) atoms. The van der Waals surface area contributed by atoms with E-state index in [1.54, 1.807) is 0 Å². The van der Waals surface area contributed by atoms with Crippen molar-refractivity contribution in [2.75, 3.05) is 26.2 Å². The molecule has 1 aromatic rings. The van der Waals surface area contributed by atoms with E-state index in [9.17, 15) is 4.79 Å². The number of ketones is 1. The minimum absolute atomic E-state index is 0.156. The summed E-state index contributed by atoms with van der Waals surface area (Å²) in [6.45, 7) is 13.3. The maximum atomic E-state index is 12.6. The zero-order chi connectivity index (χ0) is 15.8. The lowest BCUT2D eigenvalue weighted by molar-refractivity contribution is 0.0927. The highest BCUT2D eigenvalue weighted by molar-refractivity contribution is 6.00. The zero-order valence-corrected chi connectivity index (χ0v) is 14.2. The van der Waals surface area contributed by atoms with Crippen LogP contribution >= 0.6 is 0 Å². The molecule has 0 aliphatic carbocycles. The van der Waals surface area contributed by atoms with Crippen molar-refractivity contribution in [3.8, 4) is 5.75 Å². The third kappa shape index (κ3) is 5.16. The second kappa shape index (κ2) is 8.83. The SMILES string of the molecule is CCCN(CCC)CC(=O)c1cc(C)c(C)cc1OCC. The van der Waals surface area contributed by atoms with Gasteiger partial charge in [0.2, 0.25) is 0 Å². The van der Waals surface area contributed by atoms with Crippen molar-refractivity contribution in [1.29, 1.82) is 0 Å².